The molecule has 0 aromatic heterocycles. The number of unbranched alkanes of at least 4 members (excludes halogenated alkanes) is 29. The number of carbonyl (C=O) groups is 3. The van der Waals surface area contributed by atoms with Crippen LogP contribution in [0.1, 0.15) is 265 Å². The average Bonchev–Trinajstić information content (AvgIpc) is 3.17. The lowest BCUT2D eigenvalue weighted by Gasteiger charge is -2.18. The minimum atomic E-state index is -0.758. The average molecular weight is 765 g/mol. The molecule has 6 heteroatoms. The molecular formula is C48H92O6. The van der Waals surface area contributed by atoms with Crippen molar-refractivity contribution in [2.45, 2.75) is 271 Å². The molecule has 0 radical (unpaired) electrons. The Hall–Kier alpha value is -1.59. The molecule has 0 saturated heterocycles. The highest BCUT2D eigenvalue weighted by molar-refractivity contribution is 5.71. The molecule has 0 aliphatic rings. The highest BCUT2D eigenvalue weighted by atomic mass is 16.6. The molecule has 0 saturated carbocycles. The van der Waals surface area contributed by atoms with E-state index in [2.05, 4.69) is 27.7 Å². The smallest absolute Gasteiger partial charge is 0.306 e. The molecule has 0 bridgehead atoms. The summed E-state index contributed by atoms with van der Waals surface area (Å²) in [7, 11) is 0. The van der Waals surface area contributed by atoms with Crippen molar-refractivity contribution in [2.24, 2.45) is 5.92 Å². The van der Waals surface area contributed by atoms with E-state index < -0.39 is 6.10 Å². The molecule has 0 N–H and O–H groups in total. The van der Waals surface area contributed by atoms with Crippen molar-refractivity contribution < 1.29 is 28.6 Å². The minimum absolute atomic E-state index is 0.0650. The van der Waals surface area contributed by atoms with E-state index in [4.69, 9.17) is 14.2 Å². The third-order valence-corrected chi connectivity index (χ3v) is 11.2. The number of hydrogen-bond donors (Lipinski definition) is 0. The minimum Gasteiger partial charge on any atom is -0.462 e. The van der Waals surface area contributed by atoms with E-state index in [-0.39, 0.29) is 31.1 Å². The first-order valence-corrected chi connectivity index (χ1v) is 23.9. The van der Waals surface area contributed by atoms with E-state index in [0.717, 1.165) is 70.1 Å². The van der Waals surface area contributed by atoms with Crippen LogP contribution in [0.2, 0.25) is 0 Å². The van der Waals surface area contributed by atoms with Crippen LogP contribution < -0.4 is 0 Å². The first-order valence-electron chi connectivity index (χ1n) is 23.9. The molecule has 0 aromatic rings. The van der Waals surface area contributed by atoms with Gasteiger partial charge in [-0.1, -0.05) is 227 Å². The standard InChI is InChI=1S/C48H92O6/c1-5-8-10-12-13-14-15-16-17-18-19-20-21-22-23-24-28-32-36-40-47(50)53-43-45(42-52-46(49)39-35-30-11-9-6-2)54-48(51)41-37-33-29-26-25-27-31-34-38-44(4)7-3/h44-45H,5-43H2,1-4H3/t44?,45-/m0/s1. The molecule has 0 heterocycles. The van der Waals surface area contributed by atoms with Gasteiger partial charge in [-0.15, -0.1) is 0 Å². The van der Waals surface area contributed by atoms with Gasteiger partial charge in [-0.25, -0.2) is 0 Å². The van der Waals surface area contributed by atoms with E-state index in [1.54, 1.807) is 0 Å². The topological polar surface area (TPSA) is 78.9 Å². The lowest BCUT2D eigenvalue weighted by molar-refractivity contribution is -0.167. The predicted octanol–water partition coefficient (Wildman–Crippen LogP) is 15.1. The zero-order chi connectivity index (χ0) is 39.6. The maximum Gasteiger partial charge on any atom is 0.306 e. The number of rotatable bonds is 43. The predicted molar refractivity (Wildman–Crippen MR) is 229 cm³/mol. The van der Waals surface area contributed by atoms with Crippen molar-refractivity contribution >= 4 is 17.9 Å². The number of esters is 3. The zero-order valence-electron chi connectivity index (χ0n) is 36.7. The summed E-state index contributed by atoms with van der Waals surface area (Å²) in [4.78, 5) is 37.5. The summed E-state index contributed by atoms with van der Waals surface area (Å²) < 4.78 is 16.6. The molecule has 0 aromatic carbocycles. The lowest BCUT2D eigenvalue weighted by atomic mass is 9.99. The van der Waals surface area contributed by atoms with Crippen molar-refractivity contribution in [3.8, 4) is 0 Å². The van der Waals surface area contributed by atoms with Crippen LogP contribution in [0.15, 0.2) is 0 Å². The fraction of sp³-hybridized carbons (Fsp3) is 0.938. The summed E-state index contributed by atoms with van der Waals surface area (Å²) in [6.45, 7) is 8.93. The van der Waals surface area contributed by atoms with E-state index in [9.17, 15) is 14.4 Å². The normalized spacial score (nSPS) is 12.4. The Bertz CT molecular complexity index is 813. The molecule has 6 nitrogen and oxygen atoms in total. The summed E-state index contributed by atoms with van der Waals surface area (Å²) in [5, 5.41) is 0. The summed E-state index contributed by atoms with van der Waals surface area (Å²) in [5.41, 5.74) is 0. The Balaban J connectivity index is 4.11. The van der Waals surface area contributed by atoms with Gasteiger partial charge in [0.2, 0.25) is 0 Å². The highest BCUT2D eigenvalue weighted by Crippen LogP contribution is 2.17. The second-order valence-corrected chi connectivity index (χ2v) is 16.6. The molecule has 54 heavy (non-hydrogen) atoms. The Morgan fingerprint density at radius 1 is 0.370 bits per heavy atom. The SMILES string of the molecule is CCCCCCCCCCCCCCCCCCCCCC(=O)OC[C@H](COC(=O)CCCCCCC)OC(=O)CCCCCCCCCCC(C)CC. The Kier molecular flexibility index (Phi) is 41.3. The summed E-state index contributed by atoms with van der Waals surface area (Å²) in [6.07, 6.45) is 42.6. The Morgan fingerprint density at radius 3 is 0.963 bits per heavy atom. The maximum absolute atomic E-state index is 12.7. The summed E-state index contributed by atoms with van der Waals surface area (Å²) >= 11 is 0. The quantitative estimate of drug-likeness (QED) is 0.0349. The summed E-state index contributed by atoms with van der Waals surface area (Å²) in [6, 6.07) is 0. The third kappa shape index (κ3) is 40.1. The van der Waals surface area contributed by atoms with Crippen molar-refractivity contribution in [3.63, 3.8) is 0 Å². The molecule has 0 aliphatic heterocycles. The van der Waals surface area contributed by atoms with E-state index >= 15 is 0 Å². The van der Waals surface area contributed by atoms with Crippen molar-refractivity contribution in [1.82, 2.24) is 0 Å². The van der Waals surface area contributed by atoms with Crippen LogP contribution in [0, 0.1) is 5.92 Å². The molecule has 0 amide bonds. The molecule has 0 aliphatic carbocycles. The second-order valence-electron chi connectivity index (χ2n) is 16.6. The van der Waals surface area contributed by atoms with Crippen LogP contribution in [-0.2, 0) is 28.6 Å². The molecule has 0 spiro atoms. The Labute approximate surface area is 336 Å². The van der Waals surface area contributed by atoms with Crippen LogP contribution in [-0.4, -0.2) is 37.2 Å². The Morgan fingerprint density at radius 2 is 0.648 bits per heavy atom. The zero-order valence-corrected chi connectivity index (χ0v) is 36.7. The molecular weight excluding hydrogens is 673 g/mol. The number of carbonyl (C=O) groups excluding carboxylic acids is 3. The van der Waals surface area contributed by atoms with Gasteiger partial charge in [-0.05, 0) is 25.2 Å². The van der Waals surface area contributed by atoms with Gasteiger partial charge in [-0.2, -0.15) is 0 Å². The van der Waals surface area contributed by atoms with Gasteiger partial charge in [-0.3, -0.25) is 14.4 Å². The van der Waals surface area contributed by atoms with Gasteiger partial charge in [0.25, 0.3) is 0 Å². The van der Waals surface area contributed by atoms with Crippen LogP contribution in [0.3, 0.4) is 0 Å². The first kappa shape index (κ1) is 52.4. The van der Waals surface area contributed by atoms with Crippen LogP contribution in [0.5, 0.6) is 0 Å². The molecule has 2 atom stereocenters. The van der Waals surface area contributed by atoms with Crippen LogP contribution >= 0.6 is 0 Å². The first-order chi connectivity index (χ1) is 26.4. The molecule has 320 valence electrons. The molecule has 1 unspecified atom stereocenters. The number of hydrogen-bond acceptors (Lipinski definition) is 6. The van der Waals surface area contributed by atoms with Crippen LogP contribution in [0.4, 0.5) is 0 Å². The molecule has 0 rings (SSSR count). The van der Waals surface area contributed by atoms with Gasteiger partial charge in [0.15, 0.2) is 6.10 Å². The van der Waals surface area contributed by atoms with Crippen molar-refractivity contribution in [1.29, 1.82) is 0 Å². The van der Waals surface area contributed by atoms with E-state index in [1.807, 2.05) is 0 Å². The lowest BCUT2D eigenvalue weighted by Crippen LogP contribution is -2.30. The van der Waals surface area contributed by atoms with Gasteiger partial charge in [0.1, 0.15) is 13.2 Å². The van der Waals surface area contributed by atoms with E-state index in [1.165, 1.54) is 154 Å². The monoisotopic (exact) mass is 765 g/mol. The maximum atomic E-state index is 12.7. The summed E-state index contributed by atoms with van der Waals surface area (Å²) in [5.74, 6) is -0.0227. The number of ether oxygens (including phenoxy) is 3. The largest absolute Gasteiger partial charge is 0.462 e. The van der Waals surface area contributed by atoms with Gasteiger partial charge >= 0.3 is 17.9 Å². The highest BCUT2D eigenvalue weighted by Gasteiger charge is 2.19. The fourth-order valence-corrected chi connectivity index (χ4v) is 7.12. The van der Waals surface area contributed by atoms with Gasteiger partial charge < -0.3 is 14.2 Å². The van der Waals surface area contributed by atoms with E-state index in [0.29, 0.717) is 19.3 Å². The third-order valence-electron chi connectivity index (χ3n) is 11.2. The fourth-order valence-electron chi connectivity index (χ4n) is 7.12. The van der Waals surface area contributed by atoms with Gasteiger partial charge in [0, 0.05) is 19.3 Å². The van der Waals surface area contributed by atoms with Crippen molar-refractivity contribution in [3.05, 3.63) is 0 Å². The molecule has 0 fully saturated rings. The van der Waals surface area contributed by atoms with Crippen molar-refractivity contribution in [2.75, 3.05) is 13.2 Å². The van der Waals surface area contributed by atoms with Gasteiger partial charge in [0.05, 0.1) is 0 Å². The second kappa shape index (κ2) is 42.6. The van der Waals surface area contributed by atoms with Crippen LogP contribution in [0.25, 0.3) is 0 Å².